The molecule has 1 aliphatic rings. The molecule has 0 amide bonds. The summed E-state index contributed by atoms with van der Waals surface area (Å²) in [6.07, 6.45) is 1.00. The number of halogens is 2. The second-order valence-electron chi connectivity index (χ2n) is 7.13. The number of anilines is 3. The topological polar surface area (TPSA) is 113 Å². The molecule has 1 aromatic carbocycles. The summed E-state index contributed by atoms with van der Waals surface area (Å²) in [4.78, 5) is 22.6. The maximum absolute atomic E-state index is 6.07. The highest BCUT2D eigenvalue weighted by Crippen LogP contribution is 2.36. The highest BCUT2D eigenvalue weighted by molar-refractivity contribution is 6.35. The number of aromatic nitrogens is 2. The molecule has 1 saturated heterocycles. The van der Waals surface area contributed by atoms with Gasteiger partial charge >= 0.3 is 0 Å². The van der Waals surface area contributed by atoms with Crippen LogP contribution in [0, 0.1) is 0 Å². The van der Waals surface area contributed by atoms with Crippen LogP contribution in [0.15, 0.2) is 23.2 Å². The van der Waals surface area contributed by atoms with Gasteiger partial charge in [-0.3, -0.25) is 4.84 Å². The largest absolute Gasteiger partial charge is 0.490 e. The van der Waals surface area contributed by atoms with E-state index in [2.05, 4.69) is 42.6 Å². The first-order chi connectivity index (χ1) is 14.8. The number of likely N-dealkylation sites (tertiary alicyclic amines) is 1. The molecule has 0 spiro atoms. The van der Waals surface area contributed by atoms with Gasteiger partial charge in [-0.15, -0.1) is 0 Å². The third-order valence-electron chi connectivity index (χ3n) is 4.84. The van der Waals surface area contributed by atoms with E-state index in [1.807, 2.05) is 7.05 Å². The van der Waals surface area contributed by atoms with Gasteiger partial charge in [-0.25, -0.2) is 5.48 Å². The number of benzene rings is 1. The predicted octanol–water partition coefficient (Wildman–Crippen LogP) is 2.96. The van der Waals surface area contributed by atoms with Crippen molar-refractivity contribution in [1.82, 2.24) is 14.9 Å². The van der Waals surface area contributed by atoms with Gasteiger partial charge < -0.3 is 25.6 Å². The molecular weight excluding hydrogens is 443 g/mol. The fourth-order valence-electron chi connectivity index (χ4n) is 3.38. The second-order valence-corrected chi connectivity index (χ2v) is 8.00. The summed E-state index contributed by atoms with van der Waals surface area (Å²) < 4.78 is 5.57. The molecule has 0 aliphatic carbocycles. The zero-order valence-electron chi connectivity index (χ0n) is 17.8. The van der Waals surface area contributed by atoms with Crippen LogP contribution in [-0.2, 0) is 4.84 Å². The molecule has 0 bridgehead atoms. The molecule has 1 aromatic heterocycles. The normalized spacial score (nSPS) is 17.0. The molecule has 0 saturated carbocycles. The Morgan fingerprint density at radius 2 is 1.97 bits per heavy atom. The van der Waals surface area contributed by atoms with Crippen molar-refractivity contribution in [1.29, 1.82) is 0 Å². The molecule has 10 nitrogen and oxygen atoms in total. The molecule has 1 aliphatic heterocycles. The maximum atomic E-state index is 6.07. The summed E-state index contributed by atoms with van der Waals surface area (Å²) in [5, 5.41) is 3.88. The SMILES string of the molecule is CONc1nc(N=C(N)Nc2cc(Cl)cc(Cl)c2)nc(N(C)C2CCN(C)C2)c1OC. The van der Waals surface area contributed by atoms with Crippen LogP contribution in [0.1, 0.15) is 6.42 Å². The van der Waals surface area contributed by atoms with Crippen molar-refractivity contribution >= 4 is 52.4 Å². The minimum absolute atomic E-state index is 0.0704. The van der Waals surface area contributed by atoms with Crippen molar-refractivity contribution in [2.75, 3.05) is 57.1 Å². The molecule has 3 rings (SSSR count). The standard InChI is InChI=1S/C19H26Cl2N8O2/c1-28-6-5-14(10-28)29(2)17-15(30-3)16(27-31-4)24-19(25-17)26-18(22)23-13-8-11(20)7-12(21)9-13/h7-9,14H,5-6,10H2,1-4H3,(H4,22,23,24,25,26,27). The van der Waals surface area contributed by atoms with Crippen LogP contribution < -0.4 is 26.2 Å². The zero-order chi connectivity index (χ0) is 22.5. The Morgan fingerprint density at radius 1 is 1.26 bits per heavy atom. The van der Waals surface area contributed by atoms with Crippen LogP contribution in [0.5, 0.6) is 5.75 Å². The highest BCUT2D eigenvalue weighted by atomic mass is 35.5. The van der Waals surface area contributed by atoms with Crippen LogP contribution in [0.25, 0.3) is 0 Å². The van der Waals surface area contributed by atoms with E-state index in [-0.39, 0.29) is 17.9 Å². The first-order valence-electron chi connectivity index (χ1n) is 9.54. The number of aliphatic imine (C=N–C) groups is 1. The number of hydrogen-bond acceptors (Lipinski definition) is 8. The van der Waals surface area contributed by atoms with E-state index in [1.54, 1.807) is 25.3 Å². The first kappa shape index (κ1) is 23.1. The summed E-state index contributed by atoms with van der Waals surface area (Å²) >= 11 is 12.1. The van der Waals surface area contributed by atoms with Gasteiger partial charge in [-0.2, -0.15) is 15.0 Å². The van der Waals surface area contributed by atoms with Crippen molar-refractivity contribution in [2.24, 2.45) is 10.7 Å². The predicted molar refractivity (Wildman–Crippen MR) is 125 cm³/mol. The number of nitrogens with zero attached hydrogens (tertiary/aromatic N) is 5. The van der Waals surface area contributed by atoms with Crippen molar-refractivity contribution in [2.45, 2.75) is 12.5 Å². The van der Waals surface area contributed by atoms with Crippen molar-refractivity contribution in [3.63, 3.8) is 0 Å². The Hall–Kier alpha value is -2.53. The Balaban J connectivity index is 1.95. The fraction of sp³-hybridized carbons (Fsp3) is 0.421. The van der Waals surface area contributed by atoms with E-state index in [1.165, 1.54) is 7.11 Å². The lowest BCUT2D eigenvalue weighted by atomic mass is 10.2. The Morgan fingerprint density at radius 3 is 2.55 bits per heavy atom. The van der Waals surface area contributed by atoms with E-state index in [0.717, 1.165) is 19.5 Å². The molecule has 1 atom stereocenters. The van der Waals surface area contributed by atoms with Crippen LogP contribution >= 0.6 is 23.2 Å². The number of nitrogens with one attached hydrogen (secondary N) is 2. The Kier molecular flexibility index (Phi) is 7.60. The minimum atomic E-state index is 0.0704. The van der Waals surface area contributed by atoms with Crippen LogP contribution in [0.4, 0.5) is 23.3 Å². The number of likely N-dealkylation sites (N-methyl/N-ethyl adjacent to an activating group) is 2. The highest BCUT2D eigenvalue weighted by Gasteiger charge is 2.28. The number of hydrogen-bond donors (Lipinski definition) is 3. The van der Waals surface area contributed by atoms with Gasteiger partial charge in [0.1, 0.15) is 0 Å². The molecule has 1 fully saturated rings. The van der Waals surface area contributed by atoms with E-state index in [0.29, 0.717) is 33.1 Å². The van der Waals surface area contributed by atoms with E-state index in [4.69, 9.17) is 38.5 Å². The van der Waals surface area contributed by atoms with Crippen LogP contribution in [-0.4, -0.2) is 68.3 Å². The maximum Gasteiger partial charge on any atom is 0.256 e. The van der Waals surface area contributed by atoms with Gasteiger partial charge in [0, 0.05) is 35.4 Å². The monoisotopic (exact) mass is 468 g/mol. The summed E-state index contributed by atoms with van der Waals surface area (Å²) in [6, 6.07) is 5.25. The molecule has 2 aromatic rings. The lowest BCUT2D eigenvalue weighted by molar-refractivity contribution is 0.265. The average Bonchev–Trinajstić information content (AvgIpc) is 3.12. The fourth-order valence-corrected chi connectivity index (χ4v) is 3.91. The second kappa shape index (κ2) is 10.2. The van der Waals surface area contributed by atoms with Crippen molar-refractivity contribution in [3.05, 3.63) is 28.2 Å². The van der Waals surface area contributed by atoms with Gasteiger partial charge in [0.2, 0.25) is 11.7 Å². The molecule has 2 heterocycles. The third kappa shape index (κ3) is 5.79. The van der Waals surface area contributed by atoms with Gasteiger partial charge in [0.05, 0.1) is 14.2 Å². The number of methoxy groups -OCH3 is 1. The van der Waals surface area contributed by atoms with Crippen LogP contribution in [0.2, 0.25) is 10.0 Å². The minimum Gasteiger partial charge on any atom is -0.490 e. The third-order valence-corrected chi connectivity index (χ3v) is 5.28. The molecule has 0 radical (unpaired) electrons. The number of ether oxygens (including phenoxy) is 1. The van der Waals surface area contributed by atoms with E-state index in [9.17, 15) is 0 Å². The molecule has 1 unspecified atom stereocenters. The molecule has 31 heavy (non-hydrogen) atoms. The first-order valence-corrected chi connectivity index (χ1v) is 10.3. The van der Waals surface area contributed by atoms with Gasteiger partial charge in [-0.1, -0.05) is 23.2 Å². The summed E-state index contributed by atoms with van der Waals surface area (Å²) in [6.45, 7) is 1.92. The quantitative estimate of drug-likeness (QED) is 0.320. The van der Waals surface area contributed by atoms with Gasteiger partial charge in [0.25, 0.3) is 5.95 Å². The average molecular weight is 469 g/mol. The summed E-state index contributed by atoms with van der Waals surface area (Å²) in [5.74, 6) is 1.57. The number of rotatable bonds is 7. The smallest absolute Gasteiger partial charge is 0.256 e. The zero-order valence-corrected chi connectivity index (χ0v) is 19.3. The van der Waals surface area contributed by atoms with E-state index < -0.39 is 0 Å². The van der Waals surface area contributed by atoms with Crippen LogP contribution in [0.3, 0.4) is 0 Å². The van der Waals surface area contributed by atoms with Crippen molar-refractivity contribution < 1.29 is 9.57 Å². The Bertz CT molecular complexity index is 938. The Labute approximate surface area is 191 Å². The number of guanidine groups is 1. The van der Waals surface area contributed by atoms with Gasteiger partial charge in [0.15, 0.2) is 11.6 Å². The number of nitrogens with two attached hydrogens (primary N) is 1. The molecule has 4 N–H and O–H groups in total. The molecule has 168 valence electrons. The molecular formula is C19H26Cl2N8O2. The summed E-state index contributed by atoms with van der Waals surface area (Å²) in [5.41, 5.74) is 9.38. The molecule has 12 heteroatoms. The summed E-state index contributed by atoms with van der Waals surface area (Å²) in [7, 11) is 7.10. The van der Waals surface area contributed by atoms with E-state index >= 15 is 0 Å². The van der Waals surface area contributed by atoms with Crippen molar-refractivity contribution in [3.8, 4) is 5.75 Å². The lowest BCUT2D eigenvalue weighted by Gasteiger charge is -2.27. The lowest BCUT2D eigenvalue weighted by Crippen LogP contribution is -2.34. The van der Waals surface area contributed by atoms with Gasteiger partial charge in [-0.05, 0) is 38.2 Å².